The number of rotatable bonds is 7. The quantitative estimate of drug-likeness (QED) is 0.448. The standard InChI is InChI=1S/C24H26ClNO3/c1-2-3-15-29-20-12-10-18(11-13-20)17-6-8-19(9-7-17)22-21(25)5-4-14-24(22,16-26)23(27)28/h6-13,21-22H,2-5,14-15H2,1H3,(H,27,28). The first kappa shape index (κ1) is 21.2. The molecule has 1 N–H and O–H groups in total. The minimum Gasteiger partial charge on any atom is -0.494 e. The average molecular weight is 412 g/mol. The number of hydrogen-bond donors (Lipinski definition) is 1. The van der Waals surface area contributed by atoms with Gasteiger partial charge in [0, 0.05) is 11.3 Å². The van der Waals surface area contributed by atoms with E-state index in [2.05, 4.69) is 13.0 Å². The summed E-state index contributed by atoms with van der Waals surface area (Å²) in [5, 5.41) is 19.1. The fraction of sp³-hybridized carbons (Fsp3) is 0.417. The minimum absolute atomic E-state index is 0.327. The number of carbonyl (C=O) groups is 1. The van der Waals surface area contributed by atoms with E-state index >= 15 is 0 Å². The molecule has 1 fully saturated rings. The number of hydrogen-bond acceptors (Lipinski definition) is 3. The highest BCUT2D eigenvalue weighted by molar-refractivity contribution is 6.21. The third-order valence-electron chi connectivity index (χ3n) is 5.75. The predicted molar refractivity (Wildman–Crippen MR) is 114 cm³/mol. The summed E-state index contributed by atoms with van der Waals surface area (Å²) in [6, 6.07) is 17.7. The molecule has 0 spiro atoms. The van der Waals surface area contributed by atoms with Crippen LogP contribution in [0.1, 0.15) is 50.5 Å². The zero-order valence-corrected chi connectivity index (χ0v) is 17.4. The molecule has 0 saturated heterocycles. The number of aliphatic carboxylic acids is 1. The molecular weight excluding hydrogens is 386 g/mol. The molecule has 152 valence electrons. The smallest absolute Gasteiger partial charge is 0.324 e. The average Bonchev–Trinajstić information content (AvgIpc) is 2.74. The summed E-state index contributed by atoms with van der Waals surface area (Å²) < 4.78 is 5.70. The number of carboxylic acid groups (broad SMARTS) is 1. The fourth-order valence-electron chi connectivity index (χ4n) is 4.07. The molecular formula is C24H26ClNO3. The largest absolute Gasteiger partial charge is 0.494 e. The van der Waals surface area contributed by atoms with Gasteiger partial charge in [-0.05, 0) is 54.5 Å². The third-order valence-corrected chi connectivity index (χ3v) is 6.22. The van der Waals surface area contributed by atoms with Crippen molar-refractivity contribution < 1.29 is 14.6 Å². The van der Waals surface area contributed by atoms with Gasteiger partial charge in [-0.3, -0.25) is 4.79 Å². The lowest BCUT2D eigenvalue weighted by molar-refractivity contribution is -0.148. The second-order valence-electron chi connectivity index (χ2n) is 7.62. The Labute approximate surface area is 177 Å². The number of alkyl halides is 1. The Morgan fingerprint density at radius 2 is 1.83 bits per heavy atom. The van der Waals surface area contributed by atoms with Gasteiger partial charge in [0.1, 0.15) is 5.75 Å². The van der Waals surface area contributed by atoms with Crippen molar-refractivity contribution in [3.05, 3.63) is 54.1 Å². The minimum atomic E-state index is -1.47. The summed E-state index contributed by atoms with van der Waals surface area (Å²) >= 11 is 6.52. The van der Waals surface area contributed by atoms with Gasteiger partial charge in [-0.1, -0.05) is 49.7 Å². The van der Waals surface area contributed by atoms with Crippen LogP contribution in [0.5, 0.6) is 5.75 Å². The van der Waals surface area contributed by atoms with Crippen LogP contribution in [-0.2, 0) is 4.79 Å². The summed E-state index contributed by atoms with van der Waals surface area (Å²) in [4.78, 5) is 12.0. The van der Waals surface area contributed by atoms with Crippen LogP contribution >= 0.6 is 11.6 Å². The molecule has 1 saturated carbocycles. The number of ether oxygens (including phenoxy) is 1. The number of unbranched alkanes of at least 4 members (excludes halogenated alkanes) is 1. The van der Waals surface area contributed by atoms with Crippen LogP contribution < -0.4 is 4.74 Å². The second-order valence-corrected chi connectivity index (χ2v) is 8.18. The molecule has 0 aliphatic heterocycles. The monoisotopic (exact) mass is 411 g/mol. The molecule has 0 bridgehead atoms. The first-order valence-electron chi connectivity index (χ1n) is 10.1. The lowest BCUT2D eigenvalue weighted by atomic mass is 9.64. The van der Waals surface area contributed by atoms with E-state index in [4.69, 9.17) is 16.3 Å². The van der Waals surface area contributed by atoms with Gasteiger partial charge in [-0.15, -0.1) is 11.6 Å². The van der Waals surface area contributed by atoms with Gasteiger partial charge in [0.2, 0.25) is 0 Å². The van der Waals surface area contributed by atoms with Crippen LogP contribution in [0.4, 0.5) is 0 Å². The van der Waals surface area contributed by atoms with E-state index in [0.29, 0.717) is 19.3 Å². The molecule has 29 heavy (non-hydrogen) atoms. The molecule has 2 aromatic carbocycles. The molecule has 0 radical (unpaired) electrons. The molecule has 0 amide bonds. The summed E-state index contributed by atoms with van der Waals surface area (Å²) in [6.45, 7) is 2.85. The molecule has 3 atom stereocenters. The van der Waals surface area contributed by atoms with Crippen LogP contribution in [0.2, 0.25) is 0 Å². The van der Waals surface area contributed by atoms with Gasteiger partial charge in [0.15, 0.2) is 5.41 Å². The Morgan fingerprint density at radius 3 is 2.38 bits per heavy atom. The highest BCUT2D eigenvalue weighted by atomic mass is 35.5. The topological polar surface area (TPSA) is 70.3 Å². The zero-order chi connectivity index (χ0) is 20.9. The molecule has 4 nitrogen and oxygen atoms in total. The Hall–Kier alpha value is -2.51. The Kier molecular flexibility index (Phi) is 6.82. The van der Waals surface area contributed by atoms with Crippen molar-refractivity contribution in [2.24, 2.45) is 5.41 Å². The maximum atomic E-state index is 12.0. The molecule has 3 unspecified atom stereocenters. The zero-order valence-electron chi connectivity index (χ0n) is 16.6. The van der Waals surface area contributed by atoms with Crippen molar-refractivity contribution in [1.29, 1.82) is 5.26 Å². The van der Waals surface area contributed by atoms with Gasteiger partial charge in [-0.25, -0.2) is 0 Å². The highest BCUT2D eigenvalue weighted by Gasteiger charge is 2.52. The van der Waals surface area contributed by atoms with Crippen molar-refractivity contribution in [3.8, 4) is 22.9 Å². The van der Waals surface area contributed by atoms with E-state index in [-0.39, 0.29) is 5.38 Å². The second kappa shape index (κ2) is 9.33. The number of benzene rings is 2. The van der Waals surface area contributed by atoms with E-state index in [1.54, 1.807) is 0 Å². The van der Waals surface area contributed by atoms with Crippen LogP contribution in [-0.4, -0.2) is 23.1 Å². The number of nitriles is 1. The molecule has 1 aliphatic rings. The van der Waals surface area contributed by atoms with Crippen LogP contribution in [0.25, 0.3) is 11.1 Å². The molecule has 5 heteroatoms. The van der Waals surface area contributed by atoms with Crippen LogP contribution in [0, 0.1) is 16.7 Å². The number of carboxylic acids is 1. The van der Waals surface area contributed by atoms with Gasteiger partial charge >= 0.3 is 5.97 Å². The summed E-state index contributed by atoms with van der Waals surface area (Å²) in [6.07, 6.45) is 3.82. The Morgan fingerprint density at radius 1 is 1.21 bits per heavy atom. The lowest BCUT2D eigenvalue weighted by Crippen LogP contribution is -2.43. The Bertz CT molecular complexity index is 872. The van der Waals surface area contributed by atoms with Crippen molar-refractivity contribution >= 4 is 17.6 Å². The van der Waals surface area contributed by atoms with E-state index in [9.17, 15) is 15.2 Å². The first-order chi connectivity index (χ1) is 14.0. The molecule has 0 aromatic heterocycles. The van der Waals surface area contributed by atoms with Gasteiger partial charge < -0.3 is 9.84 Å². The molecule has 3 rings (SSSR count). The van der Waals surface area contributed by atoms with E-state index in [0.717, 1.165) is 41.9 Å². The Balaban J connectivity index is 1.82. The molecule has 1 aliphatic carbocycles. The van der Waals surface area contributed by atoms with E-state index < -0.39 is 17.3 Å². The summed E-state index contributed by atoms with van der Waals surface area (Å²) in [5.41, 5.74) is 1.41. The fourth-order valence-corrected chi connectivity index (χ4v) is 4.59. The van der Waals surface area contributed by atoms with Crippen molar-refractivity contribution in [1.82, 2.24) is 0 Å². The van der Waals surface area contributed by atoms with Crippen molar-refractivity contribution in [2.75, 3.05) is 6.61 Å². The first-order valence-corrected chi connectivity index (χ1v) is 10.6. The highest BCUT2D eigenvalue weighted by Crippen LogP contribution is 2.49. The number of nitrogens with zero attached hydrogens (tertiary/aromatic N) is 1. The normalized spacial score (nSPS) is 23.9. The maximum absolute atomic E-state index is 12.0. The van der Waals surface area contributed by atoms with E-state index in [1.807, 2.05) is 48.5 Å². The summed E-state index contributed by atoms with van der Waals surface area (Å²) in [7, 11) is 0. The van der Waals surface area contributed by atoms with Crippen LogP contribution in [0.15, 0.2) is 48.5 Å². The molecule has 0 heterocycles. The summed E-state index contributed by atoms with van der Waals surface area (Å²) in [5.74, 6) is -0.756. The van der Waals surface area contributed by atoms with Crippen LogP contribution in [0.3, 0.4) is 0 Å². The van der Waals surface area contributed by atoms with Crippen molar-refractivity contribution in [2.45, 2.75) is 50.3 Å². The SMILES string of the molecule is CCCCOc1ccc(-c2ccc(C3C(Cl)CCCC3(C#N)C(=O)O)cc2)cc1. The number of halogens is 1. The molecule has 2 aromatic rings. The third kappa shape index (κ3) is 4.41. The maximum Gasteiger partial charge on any atom is 0.324 e. The van der Waals surface area contributed by atoms with Crippen molar-refractivity contribution in [3.63, 3.8) is 0 Å². The predicted octanol–water partition coefficient (Wildman–Crippen LogP) is 6.00. The lowest BCUT2D eigenvalue weighted by Gasteiger charge is -2.39. The van der Waals surface area contributed by atoms with Gasteiger partial charge in [0.05, 0.1) is 12.7 Å². The van der Waals surface area contributed by atoms with E-state index in [1.165, 1.54) is 0 Å². The van der Waals surface area contributed by atoms with Gasteiger partial charge in [-0.2, -0.15) is 5.26 Å². The van der Waals surface area contributed by atoms with Gasteiger partial charge in [0.25, 0.3) is 0 Å².